The molecule has 1 aliphatic rings. The van der Waals surface area contributed by atoms with Gasteiger partial charge in [0.15, 0.2) is 16.0 Å². The van der Waals surface area contributed by atoms with Gasteiger partial charge in [-0.3, -0.25) is 4.57 Å². The minimum Gasteiger partial charge on any atom is -0.267 e. The third-order valence-corrected chi connectivity index (χ3v) is 5.12. The highest BCUT2D eigenvalue weighted by atomic mass is 32.2. The van der Waals surface area contributed by atoms with E-state index < -0.39 is 0 Å². The molecule has 0 atom stereocenters. The molecule has 3 aromatic rings. The van der Waals surface area contributed by atoms with Gasteiger partial charge in [-0.15, -0.1) is 16.4 Å². The van der Waals surface area contributed by atoms with Gasteiger partial charge in [0, 0.05) is 29.6 Å². The molecule has 3 heterocycles. The van der Waals surface area contributed by atoms with Gasteiger partial charge >= 0.3 is 5.69 Å². The molecule has 0 unspecified atom stereocenters. The lowest BCUT2D eigenvalue weighted by atomic mass is 10.5. The predicted molar refractivity (Wildman–Crippen MR) is 83.8 cm³/mol. The highest BCUT2D eigenvalue weighted by Crippen LogP contribution is 2.36. The molecule has 0 bridgehead atoms. The number of thioether (sulfide) groups is 1. The monoisotopic (exact) mass is 332 g/mol. The Bertz CT molecular complexity index is 836. The van der Waals surface area contributed by atoms with Crippen LogP contribution in [0.25, 0.3) is 10.8 Å². The van der Waals surface area contributed by atoms with Crippen LogP contribution in [0.3, 0.4) is 0 Å². The number of hydrogen-bond donors (Lipinski definition) is 1. The van der Waals surface area contributed by atoms with Crippen molar-refractivity contribution >= 4 is 23.1 Å². The quantitative estimate of drug-likeness (QED) is 0.720. The van der Waals surface area contributed by atoms with Crippen LogP contribution in [0.15, 0.2) is 33.8 Å². The molecule has 1 saturated carbocycles. The van der Waals surface area contributed by atoms with Crippen LogP contribution in [0.5, 0.6) is 0 Å². The second kappa shape index (κ2) is 5.65. The van der Waals surface area contributed by atoms with Crippen LogP contribution in [0.2, 0.25) is 0 Å². The first-order valence-corrected chi connectivity index (χ1v) is 8.69. The van der Waals surface area contributed by atoms with E-state index in [0.717, 1.165) is 28.7 Å². The first-order chi connectivity index (χ1) is 10.8. The molecule has 0 radical (unpaired) electrons. The van der Waals surface area contributed by atoms with E-state index >= 15 is 0 Å². The lowest BCUT2D eigenvalue weighted by Gasteiger charge is -2.01. The van der Waals surface area contributed by atoms with Crippen molar-refractivity contribution in [3.63, 3.8) is 0 Å². The van der Waals surface area contributed by atoms with Crippen LogP contribution in [0.1, 0.15) is 24.6 Å². The van der Waals surface area contributed by atoms with Gasteiger partial charge in [0.1, 0.15) is 0 Å². The molecule has 0 saturated heterocycles. The molecule has 1 aliphatic carbocycles. The van der Waals surface area contributed by atoms with Gasteiger partial charge in [0.25, 0.3) is 0 Å². The lowest BCUT2D eigenvalue weighted by molar-refractivity contribution is 0.642. The van der Waals surface area contributed by atoms with Crippen LogP contribution in [-0.2, 0) is 5.75 Å². The van der Waals surface area contributed by atoms with E-state index in [2.05, 4.69) is 25.1 Å². The molecule has 0 amide bonds. The van der Waals surface area contributed by atoms with E-state index in [1.54, 1.807) is 23.0 Å². The van der Waals surface area contributed by atoms with Crippen molar-refractivity contribution in [1.29, 1.82) is 0 Å². The van der Waals surface area contributed by atoms with Gasteiger partial charge in [0.2, 0.25) is 0 Å². The fourth-order valence-electron chi connectivity index (χ4n) is 2.07. The van der Waals surface area contributed by atoms with E-state index in [1.807, 2.05) is 5.38 Å². The second-order valence-corrected chi connectivity index (χ2v) is 6.72. The standard InChI is InChI=1S/C13H12N6OS2/c20-12-17-18-13(19(12)9-2-3-9)22-7-8-6-21-11(16-8)10-14-4-1-5-15-10/h1,4-6,9H,2-3,7H2,(H,17,20). The summed E-state index contributed by atoms with van der Waals surface area (Å²) in [5.74, 6) is 1.30. The topological polar surface area (TPSA) is 89.3 Å². The third kappa shape index (κ3) is 2.69. The van der Waals surface area contributed by atoms with Crippen LogP contribution in [-0.4, -0.2) is 29.7 Å². The number of aromatic amines is 1. The summed E-state index contributed by atoms with van der Waals surface area (Å²) in [7, 11) is 0. The van der Waals surface area contributed by atoms with Crippen molar-refractivity contribution in [3.8, 4) is 10.8 Å². The zero-order chi connectivity index (χ0) is 14.9. The number of rotatable bonds is 5. The van der Waals surface area contributed by atoms with Crippen molar-refractivity contribution < 1.29 is 0 Å². The van der Waals surface area contributed by atoms with Gasteiger partial charge in [-0.25, -0.2) is 24.8 Å². The Morgan fingerprint density at radius 2 is 2.18 bits per heavy atom. The summed E-state index contributed by atoms with van der Waals surface area (Å²) in [5.41, 5.74) is 0.817. The highest BCUT2D eigenvalue weighted by molar-refractivity contribution is 7.98. The smallest absolute Gasteiger partial charge is 0.267 e. The number of H-pyrrole nitrogens is 1. The molecule has 0 aliphatic heterocycles. The largest absolute Gasteiger partial charge is 0.344 e. The van der Waals surface area contributed by atoms with E-state index in [1.165, 1.54) is 23.1 Å². The molecule has 9 heteroatoms. The maximum atomic E-state index is 11.7. The minimum absolute atomic E-state index is 0.123. The maximum absolute atomic E-state index is 11.7. The molecule has 112 valence electrons. The average molecular weight is 332 g/mol. The molecule has 0 spiro atoms. The van der Waals surface area contributed by atoms with Gasteiger partial charge in [-0.2, -0.15) is 0 Å². The predicted octanol–water partition coefficient (Wildman–Crippen LogP) is 2.11. The molecule has 3 aromatic heterocycles. The van der Waals surface area contributed by atoms with E-state index in [9.17, 15) is 4.79 Å². The Morgan fingerprint density at radius 3 is 2.95 bits per heavy atom. The van der Waals surface area contributed by atoms with Crippen molar-refractivity contribution in [1.82, 2.24) is 29.7 Å². The Hall–Kier alpha value is -2.00. The Kier molecular flexibility index (Phi) is 3.51. The van der Waals surface area contributed by atoms with Gasteiger partial charge in [0.05, 0.1) is 5.69 Å². The summed E-state index contributed by atoms with van der Waals surface area (Å²) < 4.78 is 1.75. The molecule has 0 aromatic carbocycles. The average Bonchev–Trinajstić information content (AvgIpc) is 3.15. The molecule has 22 heavy (non-hydrogen) atoms. The lowest BCUT2D eigenvalue weighted by Crippen LogP contribution is -2.16. The highest BCUT2D eigenvalue weighted by Gasteiger charge is 2.28. The Balaban J connectivity index is 1.49. The molecule has 4 rings (SSSR count). The molecule has 1 fully saturated rings. The summed E-state index contributed by atoms with van der Waals surface area (Å²) in [6.45, 7) is 0. The zero-order valence-corrected chi connectivity index (χ0v) is 13.1. The Morgan fingerprint density at radius 1 is 1.36 bits per heavy atom. The normalized spacial score (nSPS) is 14.4. The molecular formula is C13H12N6OS2. The van der Waals surface area contributed by atoms with Crippen LogP contribution >= 0.6 is 23.1 Å². The first kappa shape index (κ1) is 13.6. The zero-order valence-electron chi connectivity index (χ0n) is 11.5. The second-order valence-electron chi connectivity index (χ2n) is 4.92. The first-order valence-electron chi connectivity index (χ1n) is 6.83. The molecule has 1 N–H and O–H groups in total. The maximum Gasteiger partial charge on any atom is 0.344 e. The van der Waals surface area contributed by atoms with Crippen LogP contribution < -0.4 is 5.69 Å². The summed E-state index contributed by atoms with van der Waals surface area (Å²) >= 11 is 3.04. The van der Waals surface area contributed by atoms with Gasteiger partial charge < -0.3 is 0 Å². The van der Waals surface area contributed by atoms with Gasteiger partial charge in [-0.05, 0) is 18.9 Å². The number of nitrogens with one attached hydrogen (secondary N) is 1. The fraction of sp³-hybridized carbons (Fsp3) is 0.308. The van der Waals surface area contributed by atoms with Crippen LogP contribution in [0, 0.1) is 0 Å². The van der Waals surface area contributed by atoms with Crippen molar-refractivity contribution in [3.05, 3.63) is 40.0 Å². The summed E-state index contributed by atoms with van der Waals surface area (Å²) in [6, 6.07) is 2.10. The van der Waals surface area contributed by atoms with E-state index in [4.69, 9.17) is 0 Å². The van der Waals surface area contributed by atoms with Crippen molar-refractivity contribution in [2.45, 2.75) is 29.8 Å². The van der Waals surface area contributed by atoms with E-state index in [0.29, 0.717) is 17.6 Å². The summed E-state index contributed by atoms with van der Waals surface area (Å²) in [5, 5.41) is 10.1. The van der Waals surface area contributed by atoms with E-state index in [-0.39, 0.29) is 5.69 Å². The summed E-state index contributed by atoms with van der Waals surface area (Å²) in [4.78, 5) is 24.7. The van der Waals surface area contributed by atoms with Gasteiger partial charge in [-0.1, -0.05) is 11.8 Å². The van der Waals surface area contributed by atoms with Crippen molar-refractivity contribution in [2.24, 2.45) is 0 Å². The van der Waals surface area contributed by atoms with Crippen LogP contribution in [0.4, 0.5) is 0 Å². The molecular weight excluding hydrogens is 320 g/mol. The molecule has 7 nitrogen and oxygen atoms in total. The minimum atomic E-state index is -0.123. The fourth-order valence-corrected chi connectivity index (χ4v) is 3.85. The SMILES string of the molecule is O=c1[nH]nc(SCc2csc(-c3ncccn3)n2)n1C1CC1. The Labute approximate surface area is 133 Å². The number of thiazole rings is 1. The summed E-state index contributed by atoms with van der Waals surface area (Å²) in [6.07, 6.45) is 5.52. The van der Waals surface area contributed by atoms with Crippen molar-refractivity contribution in [2.75, 3.05) is 0 Å². The third-order valence-electron chi connectivity index (χ3n) is 3.24. The number of aromatic nitrogens is 6. The number of hydrogen-bond acceptors (Lipinski definition) is 7. The number of nitrogens with zero attached hydrogens (tertiary/aromatic N) is 5.